The Morgan fingerprint density at radius 3 is 2.50 bits per heavy atom. The highest BCUT2D eigenvalue weighted by Gasteiger charge is 2.30. The molecule has 0 aliphatic carbocycles. The molecule has 2 aromatic carbocycles. The van der Waals surface area contributed by atoms with Crippen molar-refractivity contribution in [1.82, 2.24) is 9.80 Å². The Balaban J connectivity index is 1.62. The summed E-state index contributed by atoms with van der Waals surface area (Å²) in [4.78, 5) is 21.8. The summed E-state index contributed by atoms with van der Waals surface area (Å²) in [5.41, 5.74) is 5.65. The molecule has 30 heavy (non-hydrogen) atoms. The van der Waals surface area contributed by atoms with Gasteiger partial charge in [0.15, 0.2) is 0 Å². The Bertz CT molecular complexity index is 1000. The monoisotopic (exact) mass is 423 g/mol. The van der Waals surface area contributed by atoms with Crippen LogP contribution in [0.3, 0.4) is 0 Å². The number of fused-ring (bicyclic) bond motifs is 2. The Kier molecular flexibility index (Phi) is 5.73. The summed E-state index contributed by atoms with van der Waals surface area (Å²) in [5.74, 6) is 1.30. The van der Waals surface area contributed by atoms with Crippen LogP contribution in [0.1, 0.15) is 43.0 Å². The van der Waals surface area contributed by atoms with E-state index in [9.17, 15) is 4.79 Å². The standard InChI is InChI=1S/C25H30ClN3O/c1-17-5-7-22-19(13-17)14-20-15-21(26)6-8-23(20)27-24(22)29-11-9-28(10-12-29)16-25(3,4)18(2)30/h5-8,13,15H,9-12,14,16H2,1-4H3. The van der Waals surface area contributed by atoms with E-state index in [1.54, 1.807) is 6.92 Å². The molecule has 2 aliphatic rings. The summed E-state index contributed by atoms with van der Waals surface area (Å²) >= 11 is 6.28. The Hall–Kier alpha value is -2.17. The third-order valence-electron chi connectivity index (χ3n) is 6.39. The van der Waals surface area contributed by atoms with Crippen molar-refractivity contribution >= 4 is 28.9 Å². The fourth-order valence-corrected chi connectivity index (χ4v) is 4.50. The van der Waals surface area contributed by atoms with Crippen molar-refractivity contribution in [3.05, 3.63) is 63.7 Å². The minimum Gasteiger partial charge on any atom is -0.354 e. The molecule has 0 N–H and O–H groups in total. The second kappa shape index (κ2) is 8.16. The first-order valence-corrected chi connectivity index (χ1v) is 11.1. The van der Waals surface area contributed by atoms with Crippen molar-refractivity contribution < 1.29 is 4.79 Å². The van der Waals surface area contributed by atoms with Crippen molar-refractivity contribution in [3.63, 3.8) is 0 Å². The molecule has 0 spiro atoms. The maximum absolute atomic E-state index is 11.9. The topological polar surface area (TPSA) is 35.9 Å². The lowest BCUT2D eigenvalue weighted by atomic mass is 9.88. The summed E-state index contributed by atoms with van der Waals surface area (Å²) in [6.45, 7) is 12.4. The number of rotatable bonds is 3. The fraction of sp³-hybridized carbons (Fsp3) is 0.440. The van der Waals surface area contributed by atoms with Gasteiger partial charge in [-0.3, -0.25) is 9.69 Å². The number of aliphatic imine (C=N–C) groups is 1. The second-order valence-electron chi connectivity index (χ2n) is 9.25. The molecule has 0 bridgehead atoms. The number of benzene rings is 2. The molecule has 0 atom stereocenters. The zero-order valence-electron chi connectivity index (χ0n) is 18.3. The van der Waals surface area contributed by atoms with Gasteiger partial charge in [-0.1, -0.05) is 49.2 Å². The Labute approximate surface area is 184 Å². The number of hydrogen-bond donors (Lipinski definition) is 0. The van der Waals surface area contributed by atoms with Gasteiger partial charge in [-0.25, -0.2) is 4.99 Å². The first-order chi connectivity index (χ1) is 14.2. The normalized spacial score (nSPS) is 17.1. The van der Waals surface area contributed by atoms with Crippen LogP contribution >= 0.6 is 11.6 Å². The lowest BCUT2D eigenvalue weighted by Gasteiger charge is -2.39. The van der Waals surface area contributed by atoms with Crippen LogP contribution < -0.4 is 0 Å². The maximum Gasteiger partial charge on any atom is 0.136 e. The molecule has 0 amide bonds. The predicted molar refractivity (Wildman–Crippen MR) is 124 cm³/mol. The molecule has 4 nitrogen and oxygen atoms in total. The number of aryl methyl sites for hydroxylation is 1. The predicted octanol–water partition coefficient (Wildman–Crippen LogP) is 4.86. The highest BCUT2D eigenvalue weighted by Crippen LogP contribution is 2.32. The number of hydrogen-bond acceptors (Lipinski definition) is 4. The van der Waals surface area contributed by atoms with Crippen LogP contribution in [0.15, 0.2) is 41.4 Å². The number of carbonyl (C=O) groups excluding carboxylic acids is 1. The summed E-state index contributed by atoms with van der Waals surface area (Å²) < 4.78 is 0. The van der Waals surface area contributed by atoms with Gasteiger partial charge >= 0.3 is 0 Å². The highest BCUT2D eigenvalue weighted by molar-refractivity contribution is 6.30. The maximum atomic E-state index is 11.9. The minimum atomic E-state index is -0.301. The fourth-order valence-electron chi connectivity index (χ4n) is 4.30. The molecule has 2 aliphatic heterocycles. The zero-order valence-corrected chi connectivity index (χ0v) is 19.1. The molecule has 158 valence electrons. The van der Waals surface area contributed by atoms with Crippen LogP contribution in [0.2, 0.25) is 5.02 Å². The zero-order chi connectivity index (χ0) is 21.5. The quantitative estimate of drug-likeness (QED) is 0.706. The molecule has 1 saturated heterocycles. The van der Waals surface area contributed by atoms with Gasteiger partial charge in [-0.2, -0.15) is 0 Å². The molecule has 4 rings (SSSR count). The van der Waals surface area contributed by atoms with Gasteiger partial charge in [-0.05, 0) is 43.2 Å². The largest absolute Gasteiger partial charge is 0.354 e. The minimum absolute atomic E-state index is 0.248. The van der Waals surface area contributed by atoms with Crippen LogP contribution in [0.25, 0.3) is 0 Å². The second-order valence-corrected chi connectivity index (χ2v) is 9.69. The number of carbonyl (C=O) groups is 1. The van der Waals surface area contributed by atoms with Gasteiger partial charge in [0.25, 0.3) is 0 Å². The lowest BCUT2D eigenvalue weighted by molar-refractivity contribution is -0.126. The van der Waals surface area contributed by atoms with Crippen molar-refractivity contribution in [1.29, 1.82) is 0 Å². The van der Waals surface area contributed by atoms with Crippen molar-refractivity contribution in [2.24, 2.45) is 10.4 Å². The number of piperazine rings is 1. The van der Waals surface area contributed by atoms with Gasteiger partial charge < -0.3 is 4.90 Å². The summed E-state index contributed by atoms with van der Waals surface area (Å²) in [6, 6.07) is 12.6. The van der Waals surface area contributed by atoms with Crippen molar-refractivity contribution in [2.45, 2.75) is 34.1 Å². The van der Waals surface area contributed by atoms with Crippen LogP contribution in [0.4, 0.5) is 5.69 Å². The van der Waals surface area contributed by atoms with E-state index in [0.29, 0.717) is 0 Å². The number of halogens is 1. The Morgan fingerprint density at radius 1 is 1.07 bits per heavy atom. The van der Waals surface area contributed by atoms with Crippen LogP contribution in [0.5, 0.6) is 0 Å². The van der Waals surface area contributed by atoms with E-state index in [-0.39, 0.29) is 11.2 Å². The molecule has 0 unspecified atom stereocenters. The molecule has 5 heteroatoms. The number of nitrogens with zero attached hydrogens (tertiary/aromatic N) is 3. The van der Waals surface area contributed by atoms with Gasteiger partial charge in [0.2, 0.25) is 0 Å². The van der Waals surface area contributed by atoms with E-state index in [1.165, 1.54) is 22.3 Å². The molecule has 0 aromatic heterocycles. The number of amidine groups is 1. The van der Waals surface area contributed by atoms with Crippen LogP contribution in [0, 0.1) is 12.3 Å². The van der Waals surface area contributed by atoms with E-state index < -0.39 is 0 Å². The average molecular weight is 424 g/mol. The molecule has 0 saturated carbocycles. The van der Waals surface area contributed by atoms with E-state index in [0.717, 1.165) is 55.7 Å². The van der Waals surface area contributed by atoms with Gasteiger partial charge in [0.1, 0.15) is 11.6 Å². The molecule has 1 fully saturated rings. The van der Waals surface area contributed by atoms with E-state index in [2.05, 4.69) is 34.9 Å². The summed E-state index contributed by atoms with van der Waals surface area (Å²) in [5, 5.41) is 0.753. The third-order valence-corrected chi connectivity index (χ3v) is 6.63. The molecule has 0 radical (unpaired) electrons. The van der Waals surface area contributed by atoms with Crippen molar-refractivity contribution in [3.8, 4) is 0 Å². The first kappa shape index (κ1) is 21.1. The van der Waals surface area contributed by atoms with Crippen molar-refractivity contribution in [2.75, 3.05) is 32.7 Å². The molecular formula is C25H30ClN3O. The van der Waals surface area contributed by atoms with Crippen LogP contribution in [-0.2, 0) is 11.2 Å². The van der Waals surface area contributed by atoms with Gasteiger partial charge in [-0.15, -0.1) is 0 Å². The van der Waals surface area contributed by atoms with E-state index in [4.69, 9.17) is 16.6 Å². The average Bonchev–Trinajstić information content (AvgIpc) is 2.84. The number of ketones is 1. The Morgan fingerprint density at radius 2 is 1.80 bits per heavy atom. The first-order valence-electron chi connectivity index (χ1n) is 10.7. The molecule has 2 aromatic rings. The molecule has 2 heterocycles. The molecular weight excluding hydrogens is 394 g/mol. The van der Waals surface area contributed by atoms with E-state index in [1.807, 2.05) is 32.0 Å². The van der Waals surface area contributed by atoms with Gasteiger partial charge in [0.05, 0.1) is 5.69 Å². The summed E-state index contributed by atoms with van der Waals surface area (Å²) in [7, 11) is 0. The van der Waals surface area contributed by atoms with E-state index >= 15 is 0 Å². The SMILES string of the molecule is CC(=O)C(C)(C)CN1CCN(C2=Nc3ccc(Cl)cc3Cc3cc(C)ccc32)CC1. The van der Waals surface area contributed by atoms with Crippen LogP contribution in [-0.4, -0.2) is 54.1 Å². The smallest absolute Gasteiger partial charge is 0.136 e. The number of Topliss-reactive ketones (excluding diaryl/α,β-unsaturated/α-hetero) is 1. The van der Waals surface area contributed by atoms with Gasteiger partial charge in [0, 0.05) is 55.1 Å². The summed E-state index contributed by atoms with van der Waals surface area (Å²) in [6.07, 6.45) is 0.840. The highest BCUT2D eigenvalue weighted by atomic mass is 35.5. The third kappa shape index (κ3) is 4.30. The lowest BCUT2D eigenvalue weighted by Crippen LogP contribution is -2.51.